The predicted molar refractivity (Wildman–Crippen MR) is 97.1 cm³/mol. The van der Waals surface area contributed by atoms with Gasteiger partial charge in [0.05, 0.1) is 13.1 Å². The van der Waals surface area contributed by atoms with Crippen LogP contribution in [0, 0.1) is 13.8 Å². The molecule has 5 nitrogen and oxygen atoms in total. The molecule has 5 heteroatoms. The number of nitrogens with zero attached hydrogens (tertiary/aromatic N) is 1. The molecule has 0 spiro atoms. The maximum atomic E-state index is 12.0. The monoisotopic (exact) mass is 325 g/mol. The third kappa shape index (κ3) is 5.85. The Balaban J connectivity index is 1.78. The van der Waals surface area contributed by atoms with Gasteiger partial charge in [-0.05, 0) is 45.2 Å². The van der Waals surface area contributed by atoms with Crippen LogP contribution in [0.1, 0.15) is 11.1 Å². The van der Waals surface area contributed by atoms with E-state index in [1.165, 1.54) is 0 Å². The van der Waals surface area contributed by atoms with Gasteiger partial charge < -0.3 is 10.6 Å². The molecule has 0 aromatic heterocycles. The minimum Gasteiger partial charge on any atom is -0.325 e. The first kappa shape index (κ1) is 17.7. The second-order valence-electron chi connectivity index (χ2n) is 6.00. The Bertz CT molecular complexity index is 632. The van der Waals surface area contributed by atoms with Crippen molar-refractivity contribution < 1.29 is 9.59 Å². The van der Waals surface area contributed by atoms with E-state index in [1.807, 2.05) is 62.4 Å². The van der Waals surface area contributed by atoms with E-state index < -0.39 is 0 Å². The van der Waals surface area contributed by atoms with Gasteiger partial charge in [-0.2, -0.15) is 0 Å². The van der Waals surface area contributed by atoms with Gasteiger partial charge in [0.15, 0.2) is 0 Å². The Labute approximate surface area is 142 Å². The summed E-state index contributed by atoms with van der Waals surface area (Å²) in [6.45, 7) is 4.28. The van der Waals surface area contributed by atoms with Crippen molar-refractivity contribution in [2.45, 2.75) is 13.8 Å². The zero-order valence-electron chi connectivity index (χ0n) is 14.3. The fourth-order valence-electron chi connectivity index (χ4n) is 2.22. The SMILES string of the molecule is Cc1ccc(NC(=O)CN(C)CC(=O)Nc2ccc(C)cc2)cc1. The van der Waals surface area contributed by atoms with Crippen LogP contribution in [0.4, 0.5) is 11.4 Å². The maximum Gasteiger partial charge on any atom is 0.238 e. The van der Waals surface area contributed by atoms with Crippen LogP contribution in [0.5, 0.6) is 0 Å². The average Bonchev–Trinajstić information content (AvgIpc) is 2.51. The van der Waals surface area contributed by atoms with Gasteiger partial charge in [-0.15, -0.1) is 0 Å². The maximum absolute atomic E-state index is 12.0. The summed E-state index contributed by atoms with van der Waals surface area (Å²) >= 11 is 0. The molecular formula is C19H23N3O2. The first-order valence-corrected chi connectivity index (χ1v) is 7.84. The van der Waals surface area contributed by atoms with Crippen molar-refractivity contribution >= 4 is 23.2 Å². The molecule has 0 aliphatic carbocycles. The summed E-state index contributed by atoms with van der Waals surface area (Å²) in [5.41, 5.74) is 3.78. The number of rotatable bonds is 6. The van der Waals surface area contributed by atoms with Crippen molar-refractivity contribution in [3.8, 4) is 0 Å². The Kier molecular flexibility index (Phi) is 6.09. The van der Waals surface area contributed by atoms with Crippen molar-refractivity contribution in [2.75, 3.05) is 30.8 Å². The van der Waals surface area contributed by atoms with Gasteiger partial charge in [-0.1, -0.05) is 35.4 Å². The topological polar surface area (TPSA) is 61.4 Å². The first-order chi connectivity index (χ1) is 11.4. The average molecular weight is 325 g/mol. The van der Waals surface area contributed by atoms with Gasteiger partial charge in [0.25, 0.3) is 0 Å². The van der Waals surface area contributed by atoms with E-state index in [-0.39, 0.29) is 24.9 Å². The highest BCUT2D eigenvalue weighted by molar-refractivity contribution is 5.94. The van der Waals surface area contributed by atoms with E-state index in [4.69, 9.17) is 0 Å². The molecule has 0 radical (unpaired) electrons. The van der Waals surface area contributed by atoms with Crippen molar-refractivity contribution in [1.82, 2.24) is 4.90 Å². The highest BCUT2D eigenvalue weighted by Crippen LogP contribution is 2.09. The number of carbonyl (C=O) groups is 2. The predicted octanol–water partition coefficient (Wildman–Crippen LogP) is 2.81. The van der Waals surface area contributed by atoms with Crippen molar-refractivity contribution in [1.29, 1.82) is 0 Å². The van der Waals surface area contributed by atoms with Crippen molar-refractivity contribution in [3.05, 3.63) is 59.7 Å². The van der Waals surface area contributed by atoms with Crippen LogP contribution in [0.25, 0.3) is 0 Å². The van der Waals surface area contributed by atoms with Crippen molar-refractivity contribution in [3.63, 3.8) is 0 Å². The fraction of sp³-hybridized carbons (Fsp3) is 0.263. The first-order valence-electron chi connectivity index (χ1n) is 7.84. The number of aryl methyl sites for hydroxylation is 2. The van der Waals surface area contributed by atoms with Crippen molar-refractivity contribution in [2.24, 2.45) is 0 Å². The highest BCUT2D eigenvalue weighted by atomic mass is 16.2. The summed E-state index contributed by atoms with van der Waals surface area (Å²) in [5, 5.41) is 5.63. The number of amides is 2. The van der Waals surface area contributed by atoms with E-state index in [0.717, 1.165) is 22.5 Å². The van der Waals surface area contributed by atoms with Crippen LogP contribution in [0.3, 0.4) is 0 Å². The Morgan fingerprint density at radius 2 is 1.08 bits per heavy atom. The normalized spacial score (nSPS) is 10.5. The van der Waals surface area contributed by atoms with E-state index in [9.17, 15) is 9.59 Å². The molecule has 0 bridgehead atoms. The molecule has 2 aromatic carbocycles. The molecule has 0 aliphatic rings. The summed E-state index contributed by atoms with van der Waals surface area (Å²) in [4.78, 5) is 25.7. The number of hydrogen-bond acceptors (Lipinski definition) is 3. The molecule has 0 saturated carbocycles. The summed E-state index contributed by atoms with van der Waals surface area (Å²) < 4.78 is 0. The van der Waals surface area contributed by atoms with E-state index in [1.54, 1.807) is 11.9 Å². The quantitative estimate of drug-likeness (QED) is 0.858. The molecular weight excluding hydrogens is 302 g/mol. The zero-order chi connectivity index (χ0) is 17.5. The molecule has 0 atom stereocenters. The molecule has 0 unspecified atom stereocenters. The molecule has 24 heavy (non-hydrogen) atoms. The standard InChI is InChI=1S/C19H23N3O2/c1-14-4-8-16(9-5-14)20-18(23)12-22(3)13-19(24)21-17-10-6-15(2)7-11-17/h4-11H,12-13H2,1-3H3,(H,20,23)(H,21,24). The fourth-order valence-corrected chi connectivity index (χ4v) is 2.22. The van der Waals surface area contributed by atoms with Crippen LogP contribution in [-0.4, -0.2) is 36.9 Å². The lowest BCUT2D eigenvalue weighted by Crippen LogP contribution is -2.36. The Morgan fingerprint density at radius 3 is 1.42 bits per heavy atom. The number of benzene rings is 2. The highest BCUT2D eigenvalue weighted by Gasteiger charge is 2.11. The van der Waals surface area contributed by atoms with Crippen LogP contribution >= 0.6 is 0 Å². The Hall–Kier alpha value is -2.66. The van der Waals surface area contributed by atoms with Crippen LogP contribution in [0.2, 0.25) is 0 Å². The molecule has 2 rings (SSSR count). The molecule has 0 heterocycles. The summed E-state index contributed by atoms with van der Waals surface area (Å²) in [5.74, 6) is -0.297. The second-order valence-corrected chi connectivity index (χ2v) is 6.00. The van der Waals surface area contributed by atoms with Gasteiger partial charge in [0.2, 0.25) is 11.8 Å². The molecule has 2 amide bonds. The van der Waals surface area contributed by atoms with E-state index in [0.29, 0.717) is 0 Å². The number of anilines is 2. The smallest absolute Gasteiger partial charge is 0.238 e. The molecule has 0 fully saturated rings. The van der Waals surface area contributed by atoms with Gasteiger partial charge >= 0.3 is 0 Å². The lowest BCUT2D eigenvalue weighted by molar-refractivity contribution is -0.119. The zero-order valence-corrected chi connectivity index (χ0v) is 14.3. The number of hydrogen-bond donors (Lipinski definition) is 2. The number of carbonyl (C=O) groups excluding carboxylic acids is 2. The number of nitrogens with one attached hydrogen (secondary N) is 2. The molecule has 2 aromatic rings. The summed E-state index contributed by atoms with van der Waals surface area (Å²) in [7, 11) is 1.74. The van der Waals surface area contributed by atoms with Crippen LogP contribution < -0.4 is 10.6 Å². The molecule has 2 N–H and O–H groups in total. The van der Waals surface area contributed by atoms with Gasteiger partial charge in [0, 0.05) is 11.4 Å². The molecule has 0 saturated heterocycles. The minimum atomic E-state index is -0.149. The third-order valence-corrected chi connectivity index (χ3v) is 3.50. The molecule has 126 valence electrons. The lowest BCUT2D eigenvalue weighted by Gasteiger charge is -2.16. The van der Waals surface area contributed by atoms with E-state index in [2.05, 4.69) is 10.6 Å². The van der Waals surface area contributed by atoms with Crippen LogP contribution in [0.15, 0.2) is 48.5 Å². The van der Waals surface area contributed by atoms with Gasteiger partial charge in [-0.3, -0.25) is 14.5 Å². The van der Waals surface area contributed by atoms with Gasteiger partial charge in [0.1, 0.15) is 0 Å². The lowest BCUT2D eigenvalue weighted by atomic mass is 10.2. The third-order valence-electron chi connectivity index (χ3n) is 3.50. The second kappa shape index (κ2) is 8.26. The number of likely N-dealkylation sites (N-methyl/N-ethyl adjacent to an activating group) is 1. The molecule has 0 aliphatic heterocycles. The minimum absolute atomic E-state index is 0.148. The van der Waals surface area contributed by atoms with E-state index >= 15 is 0 Å². The van der Waals surface area contributed by atoms with Crippen LogP contribution in [-0.2, 0) is 9.59 Å². The van der Waals surface area contributed by atoms with Gasteiger partial charge in [-0.25, -0.2) is 0 Å². The largest absolute Gasteiger partial charge is 0.325 e. The Morgan fingerprint density at radius 1 is 0.750 bits per heavy atom. The summed E-state index contributed by atoms with van der Waals surface area (Å²) in [6, 6.07) is 15.2. The summed E-state index contributed by atoms with van der Waals surface area (Å²) in [6.07, 6.45) is 0.